The lowest BCUT2D eigenvalue weighted by Crippen LogP contribution is -2.65. The highest BCUT2D eigenvalue weighted by Crippen LogP contribution is 2.38. The molecule has 2 saturated heterocycles. The highest BCUT2D eigenvalue weighted by atomic mass is 35.5. The first-order chi connectivity index (χ1) is 20.4. The monoisotopic (exact) mass is 667 g/mol. The summed E-state index contributed by atoms with van der Waals surface area (Å²) < 4.78 is 11.2. The molecule has 240 valence electrons. The molecule has 11 nitrogen and oxygen atoms in total. The number of nitrogens with zero attached hydrogens (tertiary/aromatic N) is 2. The summed E-state index contributed by atoms with van der Waals surface area (Å²) in [6.07, 6.45) is -0.272. The lowest BCUT2D eigenvalue weighted by molar-refractivity contribution is -0.149. The average Bonchev–Trinajstić information content (AvgIpc) is 3.50. The van der Waals surface area contributed by atoms with Gasteiger partial charge in [0.1, 0.15) is 16.6 Å². The summed E-state index contributed by atoms with van der Waals surface area (Å²) in [6.45, 7) is 13.8. The molecule has 14 heteroatoms. The Morgan fingerprint density at radius 3 is 2.43 bits per heavy atom. The molecule has 2 fully saturated rings. The number of nitrogens with one attached hydrogen (secondary N) is 3. The topological polar surface area (TPSA) is 129 Å². The lowest BCUT2D eigenvalue weighted by Gasteiger charge is -2.45. The van der Waals surface area contributed by atoms with Gasteiger partial charge in [-0.15, -0.1) is 11.3 Å². The fourth-order valence-corrected chi connectivity index (χ4v) is 6.40. The predicted molar refractivity (Wildman–Crippen MR) is 172 cm³/mol. The maximum absolute atomic E-state index is 14.0. The minimum absolute atomic E-state index is 0.146. The first-order valence-electron chi connectivity index (χ1n) is 14.2. The number of hydrogen-bond donors (Lipinski definition) is 3. The molecule has 0 saturated carbocycles. The number of hydrogen-bond acceptors (Lipinski definition) is 7. The number of amides is 5. The fourth-order valence-electron chi connectivity index (χ4n) is 4.95. The number of ether oxygens (including phenoxy) is 2. The van der Waals surface area contributed by atoms with Gasteiger partial charge >= 0.3 is 6.03 Å². The summed E-state index contributed by atoms with van der Waals surface area (Å²) in [7, 11) is 0. The highest BCUT2D eigenvalue weighted by molar-refractivity contribution is 7.16. The molecule has 3 heterocycles. The molecule has 1 atom stereocenters. The second-order valence-corrected chi connectivity index (χ2v) is 14.6. The third-order valence-corrected chi connectivity index (χ3v) is 9.68. The van der Waals surface area contributed by atoms with Crippen LogP contribution in [-0.4, -0.2) is 83.8 Å². The van der Waals surface area contributed by atoms with Gasteiger partial charge in [0.25, 0.3) is 5.91 Å². The predicted octanol–water partition coefficient (Wildman–Crippen LogP) is 5.33. The standard InChI is InChI=1S/C30H39Cl2N5O6S/c1-28(2,3)21-13-18(24(44-21)35-27(41)34-20-10-8-9-19(31)23(20)32)25(39)37-12-11-36(26(40)29(37,4)5)15-22(38)33-14-17-16-42-30(6,7)43-17/h8-10,13,17H,11-12,14-16H2,1-7H3,(H,33,38)(H2,34,35,41). The van der Waals surface area contributed by atoms with Gasteiger partial charge in [-0.25, -0.2) is 4.79 Å². The highest BCUT2D eigenvalue weighted by Gasteiger charge is 2.45. The van der Waals surface area contributed by atoms with E-state index >= 15 is 0 Å². The van der Waals surface area contributed by atoms with E-state index in [0.717, 1.165) is 4.88 Å². The van der Waals surface area contributed by atoms with Crippen molar-refractivity contribution in [3.8, 4) is 0 Å². The van der Waals surface area contributed by atoms with Gasteiger partial charge < -0.3 is 29.9 Å². The van der Waals surface area contributed by atoms with E-state index in [2.05, 4.69) is 16.0 Å². The molecule has 2 aromatic rings. The van der Waals surface area contributed by atoms with Crippen molar-refractivity contribution in [3.05, 3.63) is 44.8 Å². The molecular formula is C30H39Cl2N5O6S. The molecule has 5 amide bonds. The molecule has 1 unspecified atom stereocenters. The number of piperazine rings is 1. The second kappa shape index (κ2) is 12.8. The van der Waals surface area contributed by atoms with Crippen LogP contribution in [0.25, 0.3) is 0 Å². The minimum atomic E-state index is -1.25. The number of carbonyl (C=O) groups excluding carboxylic acids is 4. The maximum atomic E-state index is 14.0. The van der Waals surface area contributed by atoms with Crippen LogP contribution in [0.3, 0.4) is 0 Å². The largest absolute Gasteiger partial charge is 0.352 e. The number of anilines is 2. The van der Waals surface area contributed by atoms with Gasteiger partial charge in [0.05, 0.1) is 34.4 Å². The quantitative estimate of drug-likeness (QED) is 0.366. The van der Waals surface area contributed by atoms with Crippen molar-refractivity contribution in [2.45, 2.75) is 71.3 Å². The van der Waals surface area contributed by atoms with E-state index in [1.807, 2.05) is 20.8 Å². The normalized spacial score (nSPS) is 19.6. The van der Waals surface area contributed by atoms with Crippen molar-refractivity contribution in [2.24, 2.45) is 0 Å². The average molecular weight is 669 g/mol. The summed E-state index contributed by atoms with van der Waals surface area (Å²) in [6, 6.07) is 6.03. The van der Waals surface area contributed by atoms with Crippen LogP contribution >= 0.6 is 34.5 Å². The zero-order valence-electron chi connectivity index (χ0n) is 25.9. The Labute approximate surface area is 271 Å². The number of urea groups is 1. The van der Waals surface area contributed by atoms with Crippen molar-refractivity contribution in [1.82, 2.24) is 15.1 Å². The van der Waals surface area contributed by atoms with Gasteiger partial charge in [0, 0.05) is 24.5 Å². The number of halogens is 2. The summed E-state index contributed by atoms with van der Waals surface area (Å²) in [5, 5.41) is 9.08. The molecular weight excluding hydrogens is 629 g/mol. The van der Waals surface area contributed by atoms with E-state index < -0.39 is 23.3 Å². The zero-order chi connectivity index (χ0) is 32.6. The molecule has 2 aliphatic rings. The maximum Gasteiger partial charge on any atom is 0.324 e. The van der Waals surface area contributed by atoms with Crippen LogP contribution in [0.4, 0.5) is 15.5 Å². The molecule has 0 aliphatic carbocycles. The Morgan fingerprint density at radius 1 is 1.09 bits per heavy atom. The van der Waals surface area contributed by atoms with Crippen LogP contribution in [0.2, 0.25) is 10.0 Å². The van der Waals surface area contributed by atoms with E-state index in [1.54, 1.807) is 52.0 Å². The van der Waals surface area contributed by atoms with Crippen molar-refractivity contribution in [1.29, 1.82) is 0 Å². The Balaban J connectivity index is 1.46. The van der Waals surface area contributed by atoms with Crippen molar-refractivity contribution < 1.29 is 28.7 Å². The third-order valence-electron chi connectivity index (χ3n) is 7.38. The summed E-state index contributed by atoms with van der Waals surface area (Å²) in [5.74, 6) is -1.79. The Morgan fingerprint density at radius 2 is 1.80 bits per heavy atom. The van der Waals surface area contributed by atoms with Crippen LogP contribution < -0.4 is 16.0 Å². The zero-order valence-corrected chi connectivity index (χ0v) is 28.3. The summed E-state index contributed by atoms with van der Waals surface area (Å²) in [4.78, 5) is 57.1. The first-order valence-corrected chi connectivity index (χ1v) is 15.8. The van der Waals surface area contributed by atoms with E-state index in [1.165, 1.54) is 21.1 Å². The second-order valence-electron chi connectivity index (χ2n) is 12.8. The van der Waals surface area contributed by atoms with Gasteiger partial charge in [-0.1, -0.05) is 50.0 Å². The van der Waals surface area contributed by atoms with Crippen LogP contribution in [0.15, 0.2) is 24.3 Å². The molecule has 1 aromatic carbocycles. The molecule has 0 radical (unpaired) electrons. The SMILES string of the molecule is CC1(C)OCC(CNC(=O)CN2CCN(C(=O)c3cc(C(C)(C)C)sc3NC(=O)Nc3cccc(Cl)c3Cl)C(C)(C)C2=O)O1. The summed E-state index contributed by atoms with van der Waals surface area (Å²) >= 11 is 13.6. The first kappa shape index (κ1) is 34.0. The van der Waals surface area contributed by atoms with Crippen LogP contribution in [0, 0.1) is 0 Å². The van der Waals surface area contributed by atoms with Gasteiger partial charge in [-0.2, -0.15) is 0 Å². The minimum Gasteiger partial charge on any atom is -0.352 e. The number of carbonyl (C=O) groups is 4. The van der Waals surface area contributed by atoms with Crippen molar-refractivity contribution in [2.75, 3.05) is 43.4 Å². The van der Waals surface area contributed by atoms with Gasteiger partial charge in [-0.3, -0.25) is 19.7 Å². The smallest absolute Gasteiger partial charge is 0.324 e. The van der Waals surface area contributed by atoms with Crippen molar-refractivity contribution >= 4 is 69.0 Å². The lowest BCUT2D eigenvalue weighted by atomic mass is 9.93. The van der Waals surface area contributed by atoms with Crippen LogP contribution in [-0.2, 0) is 24.5 Å². The number of thiophene rings is 1. The van der Waals surface area contributed by atoms with Crippen LogP contribution in [0.5, 0.6) is 0 Å². The third kappa shape index (κ3) is 7.66. The van der Waals surface area contributed by atoms with E-state index in [4.69, 9.17) is 32.7 Å². The Kier molecular flexibility index (Phi) is 9.92. The summed E-state index contributed by atoms with van der Waals surface area (Å²) in [5.41, 5.74) is -0.979. The van der Waals surface area contributed by atoms with Crippen molar-refractivity contribution in [3.63, 3.8) is 0 Å². The van der Waals surface area contributed by atoms with Gasteiger partial charge in [0.2, 0.25) is 11.8 Å². The van der Waals surface area contributed by atoms with E-state index in [-0.39, 0.29) is 65.1 Å². The molecule has 1 aromatic heterocycles. The Bertz CT molecular complexity index is 1450. The van der Waals surface area contributed by atoms with E-state index in [9.17, 15) is 19.2 Å². The molecule has 44 heavy (non-hydrogen) atoms. The van der Waals surface area contributed by atoms with Crippen LogP contribution in [0.1, 0.15) is 63.7 Å². The molecule has 0 bridgehead atoms. The molecule has 0 spiro atoms. The van der Waals surface area contributed by atoms with Gasteiger partial charge in [-0.05, 0) is 51.3 Å². The number of benzene rings is 1. The molecule has 2 aliphatic heterocycles. The van der Waals surface area contributed by atoms with E-state index in [0.29, 0.717) is 17.3 Å². The molecule has 3 N–H and O–H groups in total. The molecule has 4 rings (SSSR count). The Hall–Kier alpha value is -2.90. The van der Waals surface area contributed by atoms with Gasteiger partial charge in [0.15, 0.2) is 5.79 Å². The number of rotatable bonds is 7. The fraction of sp³-hybridized carbons (Fsp3) is 0.533.